The molecule has 0 saturated carbocycles. The van der Waals surface area contributed by atoms with Crippen LogP contribution in [0.15, 0.2) is 42.6 Å². The van der Waals surface area contributed by atoms with E-state index in [1.165, 1.54) is 17.7 Å². The van der Waals surface area contributed by atoms with Crippen molar-refractivity contribution in [2.45, 2.75) is 32.6 Å². The number of hydrogen-bond acceptors (Lipinski definition) is 3. The molecule has 25 heavy (non-hydrogen) atoms. The van der Waals surface area contributed by atoms with Crippen LogP contribution in [0.1, 0.15) is 42.2 Å². The van der Waals surface area contributed by atoms with Crippen molar-refractivity contribution in [3.05, 3.63) is 53.9 Å². The van der Waals surface area contributed by atoms with E-state index in [0.717, 1.165) is 44.6 Å². The summed E-state index contributed by atoms with van der Waals surface area (Å²) >= 11 is 0. The number of carbonyl (C=O) groups is 1. The van der Waals surface area contributed by atoms with Gasteiger partial charge in [-0.3, -0.25) is 9.78 Å². The summed E-state index contributed by atoms with van der Waals surface area (Å²) in [5.41, 5.74) is 4.26. The zero-order chi connectivity index (χ0) is 17.2. The smallest absolute Gasteiger partial charge is 0.272 e. The molecule has 1 aromatic carbocycles. The molecule has 1 atom stereocenters. The van der Waals surface area contributed by atoms with Crippen molar-refractivity contribution in [3.8, 4) is 0 Å². The molecule has 1 aromatic heterocycles. The van der Waals surface area contributed by atoms with Gasteiger partial charge in [-0.15, -0.1) is 0 Å². The minimum Gasteiger partial charge on any atom is -0.341 e. The lowest BCUT2D eigenvalue weighted by Gasteiger charge is -2.32. The molecule has 0 bridgehead atoms. The van der Waals surface area contributed by atoms with Crippen molar-refractivity contribution in [2.75, 3.05) is 24.5 Å². The molecule has 1 fully saturated rings. The molecular weight excluding hydrogens is 310 g/mol. The second-order valence-corrected chi connectivity index (χ2v) is 7.28. The number of amides is 1. The molecule has 1 amide bonds. The highest BCUT2D eigenvalue weighted by Crippen LogP contribution is 2.33. The maximum atomic E-state index is 12.9. The number of piperidine rings is 1. The normalized spacial score (nSPS) is 20.3. The van der Waals surface area contributed by atoms with Gasteiger partial charge in [-0.1, -0.05) is 25.1 Å². The summed E-state index contributed by atoms with van der Waals surface area (Å²) in [6.45, 7) is 4.89. The molecule has 0 spiro atoms. The number of anilines is 2. The first kappa shape index (κ1) is 16.1. The lowest BCUT2D eigenvalue weighted by molar-refractivity contribution is 0.0677. The van der Waals surface area contributed by atoms with Crippen LogP contribution in [0.4, 0.5) is 11.4 Å². The Kier molecular flexibility index (Phi) is 4.43. The van der Waals surface area contributed by atoms with Gasteiger partial charge in [0, 0.05) is 37.2 Å². The molecule has 0 N–H and O–H groups in total. The fraction of sp³-hybridized carbons (Fsp3) is 0.429. The Morgan fingerprint density at radius 1 is 1.16 bits per heavy atom. The number of para-hydroxylation sites is 1. The van der Waals surface area contributed by atoms with Crippen molar-refractivity contribution >= 4 is 17.3 Å². The van der Waals surface area contributed by atoms with Crippen LogP contribution in [-0.2, 0) is 6.42 Å². The SMILES string of the molecule is CC1CCCN(C(=O)c2cc(N3CCCc4ccccc43)ccn2)C1. The average molecular weight is 335 g/mol. The van der Waals surface area contributed by atoms with Gasteiger partial charge in [0.2, 0.25) is 0 Å². The Morgan fingerprint density at radius 2 is 2.04 bits per heavy atom. The van der Waals surface area contributed by atoms with E-state index in [0.29, 0.717) is 11.6 Å². The first-order valence-corrected chi connectivity index (χ1v) is 9.33. The standard InChI is InChI=1S/C21H25N3O/c1-16-6-4-12-23(15-16)21(25)19-14-18(10-11-22-19)24-13-5-8-17-7-2-3-9-20(17)24/h2-3,7,9-11,14,16H,4-6,8,12-13,15H2,1H3. The van der Waals surface area contributed by atoms with Gasteiger partial charge in [0.15, 0.2) is 0 Å². The van der Waals surface area contributed by atoms with Crippen LogP contribution in [0.3, 0.4) is 0 Å². The Hall–Kier alpha value is -2.36. The number of aromatic nitrogens is 1. The molecule has 130 valence electrons. The van der Waals surface area contributed by atoms with Gasteiger partial charge < -0.3 is 9.80 Å². The van der Waals surface area contributed by atoms with Crippen molar-refractivity contribution in [3.63, 3.8) is 0 Å². The predicted octanol–water partition coefficient (Wildman–Crippen LogP) is 4.04. The van der Waals surface area contributed by atoms with Gasteiger partial charge in [0.05, 0.1) is 0 Å². The third kappa shape index (κ3) is 3.26. The van der Waals surface area contributed by atoms with E-state index < -0.39 is 0 Å². The number of aryl methyl sites for hydroxylation is 1. The Bertz CT molecular complexity index is 773. The molecule has 4 rings (SSSR count). The van der Waals surface area contributed by atoms with Crippen molar-refractivity contribution < 1.29 is 4.79 Å². The molecule has 0 aliphatic carbocycles. The van der Waals surface area contributed by atoms with E-state index >= 15 is 0 Å². The summed E-state index contributed by atoms with van der Waals surface area (Å²) in [6.07, 6.45) is 6.32. The molecule has 1 saturated heterocycles. The summed E-state index contributed by atoms with van der Waals surface area (Å²) < 4.78 is 0. The van der Waals surface area contributed by atoms with Crippen LogP contribution in [0.2, 0.25) is 0 Å². The number of pyridine rings is 1. The summed E-state index contributed by atoms with van der Waals surface area (Å²) in [5, 5.41) is 0. The van der Waals surface area contributed by atoms with Gasteiger partial charge in [-0.05, 0) is 55.4 Å². The highest BCUT2D eigenvalue weighted by atomic mass is 16.2. The average Bonchev–Trinajstić information content (AvgIpc) is 2.67. The Labute approximate surface area is 149 Å². The van der Waals surface area contributed by atoms with Crippen molar-refractivity contribution in [1.82, 2.24) is 9.88 Å². The van der Waals surface area contributed by atoms with E-state index in [9.17, 15) is 4.79 Å². The molecule has 3 heterocycles. The van der Waals surface area contributed by atoms with E-state index in [4.69, 9.17) is 0 Å². The van der Waals surface area contributed by atoms with Crippen molar-refractivity contribution in [1.29, 1.82) is 0 Å². The van der Waals surface area contributed by atoms with Gasteiger partial charge in [-0.2, -0.15) is 0 Å². The lowest BCUT2D eigenvalue weighted by Crippen LogP contribution is -2.39. The number of rotatable bonds is 2. The Morgan fingerprint density at radius 3 is 2.92 bits per heavy atom. The number of hydrogen-bond donors (Lipinski definition) is 0. The van der Waals surface area contributed by atoms with Crippen LogP contribution in [0.5, 0.6) is 0 Å². The van der Waals surface area contributed by atoms with Gasteiger partial charge >= 0.3 is 0 Å². The largest absolute Gasteiger partial charge is 0.341 e. The highest BCUT2D eigenvalue weighted by molar-refractivity contribution is 5.93. The van der Waals surface area contributed by atoms with Gasteiger partial charge in [0.1, 0.15) is 5.69 Å². The Balaban J connectivity index is 1.61. The zero-order valence-corrected chi connectivity index (χ0v) is 14.8. The second-order valence-electron chi connectivity index (χ2n) is 7.28. The quantitative estimate of drug-likeness (QED) is 0.831. The maximum absolute atomic E-state index is 12.9. The van der Waals surface area contributed by atoms with Crippen LogP contribution < -0.4 is 4.90 Å². The number of benzene rings is 1. The number of carbonyl (C=O) groups excluding carboxylic acids is 1. The first-order chi connectivity index (χ1) is 12.2. The second kappa shape index (κ2) is 6.87. The maximum Gasteiger partial charge on any atom is 0.272 e. The summed E-state index contributed by atoms with van der Waals surface area (Å²) in [6, 6.07) is 12.5. The summed E-state index contributed by atoms with van der Waals surface area (Å²) in [5.74, 6) is 0.647. The van der Waals surface area contributed by atoms with Crippen LogP contribution in [0, 0.1) is 5.92 Å². The van der Waals surface area contributed by atoms with Crippen molar-refractivity contribution in [2.24, 2.45) is 5.92 Å². The molecule has 2 aliphatic heterocycles. The van der Waals surface area contributed by atoms with E-state index in [-0.39, 0.29) is 5.91 Å². The summed E-state index contributed by atoms with van der Waals surface area (Å²) in [4.78, 5) is 21.5. The van der Waals surface area contributed by atoms with Gasteiger partial charge in [0.25, 0.3) is 5.91 Å². The van der Waals surface area contributed by atoms with Crippen LogP contribution in [-0.4, -0.2) is 35.4 Å². The third-order valence-corrected chi connectivity index (χ3v) is 5.33. The van der Waals surface area contributed by atoms with Crippen LogP contribution in [0.25, 0.3) is 0 Å². The molecule has 2 aliphatic rings. The minimum absolute atomic E-state index is 0.0682. The third-order valence-electron chi connectivity index (χ3n) is 5.33. The molecule has 4 heteroatoms. The minimum atomic E-state index is 0.0682. The molecular formula is C21H25N3O. The molecule has 4 nitrogen and oxygen atoms in total. The monoisotopic (exact) mass is 335 g/mol. The van der Waals surface area contributed by atoms with Crippen LogP contribution >= 0.6 is 0 Å². The predicted molar refractivity (Wildman–Crippen MR) is 100 cm³/mol. The van der Waals surface area contributed by atoms with E-state index in [1.807, 2.05) is 17.0 Å². The number of nitrogens with zero attached hydrogens (tertiary/aromatic N) is 3. The number of fused-ring (bicyclic) bond motifs is 1. The lowest BCUT2D eigenvalue weighted by atomic mass is 10.00. The van der Waals surface area contributed by atoms with Gasteiger partial charge in [-0.25, -0.2) is 0 Å². The fourth-order valence-electron chi connectivity index (χ4n) is 4.04. The highest BCUT2D eigenvalue weighted by Gasteiger charge is 2.24. The molecule has 0 radical (unpaired) electrons. The van der Waals surface area contributed by atoms with E-state index in [2.05, 4.69) is 41.1 Å². The molecule has 1 unspecified atom stereocenters. The molecule has 2 aromatic rings. The zero-order valence-electron chi connectivity index (χ0n) is 14.8. The summed E-state index contributed by atoms with van der Waals surface area (Å²) in [7, 11) is 0. The number of likely N-dealkylation sites (tertiary alicyclic amines) is 1. The van der Waals surface area contributed by atoms with E-state index in [1.54, 1.807) is 6.20 Å². The topological polar surface area (TPSA) is 36.4 Å². The fourth-order valence-corrected chi connectivity index (χ4v) is 4.04. The first-order valence-electron chi connectivity index (χ1n) is 9.33.